The van der Waals surface area contributed by atoms with Gasteiger partial charge in [0, 0.05) is 6.54 Å². The minimum atomic E-state index is 0.400. The maximum Gasteiger partial charge on any atom is 0.185 e. The fourth-order valence-electron chi connectivity index (χ4n) is 2.22. The van der Waals surface area contributed by atoms with Gasteiger partial charge in [0.05, 0.1) is 19.9 Å². The summed E-state index contributed by atoms with van der Waals surface area (Å²) in [4.78, 5) is 0. The van der Waals surface area contributed by atoms with Crippen LogP contribution in [0, 0.1) is 11.3 Å². The molecule has 2 rings (SSSR count). The predicted molar refractivity (Wildman–Crippen MR) is 77.4 cm³/mol. The first-order valence-electron chi connectivity index (χ1n) is 6.76. The van der Waals surface area contributed by atoms with Crippen molar-refractivity contribution in [2.45, 2.75) is 26.3 Å². The molecule has 1 heterocycles. The summed E-state index contributed by atoms with van der Waals surface area (Å²) in [7, 11) is 3.23. The number of aryl methyl sites for hydroxylation is 2. The quantitative estimate of drug-likeness (QED) is 0.811. The van der Waals surface area contributed by atoms with Gasteiger partial charge < -0.3 is 9.47 Å². The van der Waals surface area contributed by atoms with E-state index in [4.69, 9.17) is 14.7 Å². The van der Waals surface area contributed by atoms with Crippen LogP contribution < -0.4 is 9.47 Å². The molecule has 1 aromatic carbocycles. The number of ether oxygens (including phenoxy) is 2. The van der Waals surface area contributed by atoms with E-state index in [9.17, 15) is 0 Å². The molecule has 0 aliphatic carbocycles. The highest BCUT2D eigenvalue weighted by Crippen LogP contribution is 2.28. The Morgan fingerprint density at radius 3 is 2.57 bits per heavy atom. The largest absolute Gasteiger partial charge is 0.493 e. The molecule has 21 heavy (non-hydrogen) atoms. The van der Waals surface area contributed by atoms with Gasteiger partial charge in [0.15, 0.2) is 17.2 Å². The normalized spacial score (nSPS) is 10.2. The molecule has 0 saturated heterocycles. The minimum absolute atomic E-state index is 0.400. The van der Waals surface area contributed by atoms with Crippen molar-refractivity contribution >= 4 is 0 Å². The summed E-state index contributed by atoms with van der Waals surface area (Å²) in [6, 6.07) is 7.91. The number of nitriles is 1. The molecule has 6 nitrogen and oxygen atoms in total. The van der Waals surface area contributed by atoms with Gasteiger partial charge in [0.1, 0.15) is 6.07 Å². The minimum Gasteiger partial charge on any atom is -0.493 e. The molecule has 1 aromatic heterocycles. The Labute approximate surface area is 123 Å². The third-order valence-electron chi connectivity index (χ3n) is 3.34. The summed E-state index contributed by atoms with van der Waals surface area (Å²) in [5.41, 5.74) is 2.38. The zero-order valence-corrected chi connectivity index (χ0v) is 12.5. The maximum absolute atomic E-state index is 9.07. The van der Waals surface area contributed by atoms with E-state index in [1.807, 2.05) is 25.1 Å². The zero-order valence-electron chi connectivity index (χ0n) is 12.5. The van der Waals surface area contributed by atoms with Crippen molar-refractivity contribution in [1.29, 1.82) is 5.26 Å². The van der Waals surface area contributed by atoms with Gasteiger partial charge in [-0.15, -0.1) is 5.10 Å². The topological polar surface area (TPSA) is 73.0 Å². The Balaban J connectivity index is 2.17. The molecule has 0 fully saturated rings. The van der Waals surface area contributed by atoms with E-state index in [1.54, 1.807) is 18.9 Å². The van der Waals surface area contributed by atoms with Crippen LogP contribution in [-0.2, 0) is 19.4 Å². The molecular weight excluding hydrogens is 268 g/mol. The van der Waals surface area contributed by atoms with Gasteiger partial charge >= 0.3 is 0 Å². The van der Waals surface area contributed by atoms with E-state index >= 15 is 0 Å². The first kappa shape index (κ1) is 14.9. The van der Waals surface area contributed by atoms with Crippen LogP contribution in [0.15, 0.2) is 18.2 Å². The van der Waals surface area contributed by atoms with Gasteiger partial charge in [-0.3, -0.25) is 0 Å². The Morgan fingerprint density at radius 1 is 1.19 bits per heavy atom. The molecule has 0 bridgehead atoms. The molecule has 6 heteroatoms. The molecule has 0 N–H and O–H groups in total. The van der Waals surface area contributed by atoms with Crippen molar-refractivity contribution in [3.63, 3.8) is 0 Å². The van der Waals surface area contributed by atoms with Gasteiger partial charge in [-0.2, -0.15) is 5.26 Å². The number of rotatable bonds is 6. The number of methoxy groups -OCH3 is 2. The lowest BCUT2D eigenvalue weighted by Crippen LogP contribution is -2.05. The Kier molecular flexibility index (Phi) is 4.77. The lowest BCUT2D eigenvalue weighted by atomic mass is 10.1. The second-order valence-corrected chi connectivity index (χ2v) is 4.50. The zero-order chi connectivity index (χ0) is 15.2. The number of hydrogen-bond donors (Lipinski definition) is 0. The van der Waals surface area contributed by atoms with Crippen LogP contribution in [0.4, 0.5) is 0 Å². The number of nitrogens with zero attached hydrogens (tertiary/aromatic N) is 4. The van der Waals surface area contributed by atoms with Crippen LogP contribution >= 0.6 is 0 Å². The predicted octanol–water partition coefficient (Wildman–Crippen LogP) is 1.97. The summed E-state index contributed by atoms with van der Waals surface area (Å²) in [6.45, 7) is 2.69. The molecule has 0 atom stereocenters. The first-order valence-corrected chi connectivity index (χ1v) is 6.76. The van der Waals surface area contributed by atoms with Gasteiger partial charge in [-0.1, -0.05) is 11.3 Å². The summed E-state index contributed by atoms with van der Waals surface area (Å²) in [5, 5.41) is 16.9. The number of aromatic nitrogens is 3. The van der Waals surface area contributed by atoms with Gasteiger partial charge in [0.2, 0.25) is 0 Å². The average molecular weight is 286 g/mol. The van der Waals surface area contributed by atoms with Crippen LogP contribution in [0.5, 0.6) is 11.5 Å². The monoisotopic (exact) mass is 286 g/mol. The van der Waals surface area contributed by atoms with E-state index < -0.39 is 0 Å². The van der Waals surface area contributed by atoms with E-state index in [0.717, 1.165) is 17.7 Å². The molecule has 0 spiro atoms. The molecule has 110 valence electrons. The molecule has 2 aromatic rings. The summed E-state index contributed by atoms with van der Waals surface area (Å²) < 4.78 is 12.3. The van der Waals surface area contributed by atoms with Crippen molar-refractivity contribution in [2.75, 3.05) is 14.2 Å². The Bertz CT molecular complexity index is 658. The van der Waals surface area contributed by atoms with Crippen molar-refractivity contribution in [3.8, 4) is 17.6 Å². The van der Waals surface area contributed by atoms with E-state index in [0.29, 0.717) is 30.2 Å². The molecule has 0 unspecified atom stereocenters. The summed E-state index contributed by atoms with van der Waals surface area (Å²) >= 11 is 0. The van der Waals surface area contributed by atoms with Crippen molar-refractivity contribution in [3.05, 3.63) is 35.2 Å². The highest BCUT2D eigenvalue weighted by molar-refractivity contribution is 5.43. The smallest absolute Gasteiger partial charge is 0.185 e. The van der Waals surface area contributed by atoms with Gasteiger partial charge in [-0.25, -0.2) is 4.68 Å². The van der Waals surface area contributed by atoms with E-state index in [-0.39, 0.29) is 0 Å². The lowest BCUT2D eigenvalue weighted by Gasteiger charge is -2.10. The van der Waals surface area contributed by atoms with Crippen molar-refractivity contribution in [2.24, 2.45) is 0 Å². The van der Waals surface area contributed by atoms with Crippen molar-refractivity contribution < 1.29 is 9.47 Å². The van der Waals surface area contributed by atoms with Crippen LogP contribution in [0.2, 0.25) is 0 Å². The third-order valence-corrected chi connectivity index (χ3v) is 3.34. The van der Waals surface area contributed by atoms with E-state index in [1.165, 1.54) is 0 Å². The first-order chi connectivity index (χ1) is 10.2. The number of benzene rings is 1. The standard InChI is InChI=1S/C15H18N4O2/c1-4-19-13(12(10-16)17-18-19)7-5-11-6-8-14(20-2)15(9-11)21-3/h6,8-9H,4-5,7H2,1-3H3. The third kappa shape index (κ3) is 3.14. The van der Waals surface area contributed by atoms with Crippen LogP contribution in [0.3, 0.4) is 0 Å². The van der Waals surface area contributed by atoms with E-state index in [2.05, 4.69) is 16.4 Å². The summed E-state index contributed by atoms with van der Waals surface area (Å²) in [5.74, 6) is 1.41. The van der Waals surface area contributed by atoms with Crippen LogP contribution in [0.25, 0.3) is 0 Å². The highest BCUT2D eigenvalue weighted by atomic mass is 16.5. The van der Waals surface area contributed by atoms with Crippen LogP contribution in [-0.4, -0.2) is 29.2 Å². The Morgan fingerprint density at radius 2 is 1.95 bits per heavy atom. The molecule has 0 aliphatic heterocycles. The fourth-order valence-corrected chi connectivity index (χ4v) is 2.22. The highest BCUT2D eigenvalue weighted by Gasteiger charge is 2.12. The molecule has 0 aliphatic rings. The molecule has 0 amide bonds. The maximum atomic E-state index is 9.07. The Hall–Kier alpha value is -2.55. The van der Waals surface area contributed by atoms with Gasteiger partial charge in [0.25, 0.3) is 0 Å². The second kappa shape index (κ2) is 6.75. The lowest BCUT2D eigenvalue weighted by molar-refractivity contribution is 0.354. The number of hydrogen-bond acceptors (Lipinski definition) is 5. The van der Waals surface area contributed by atoms with Gasteiger partial charge in [-0.05, 0) is 37.5 Å². The SMILES string of the molecule is CCn1nnc(C#N)c1CCc1ccc(OC)c(OC)c1. The summed E-state index contributed by atoms with van der Waals surface area (Å²) in [6.07, 6.45) is 1.49. The molecular formula is C15H18N4O2. The fraction of sp³-hybridized carbons (Fsp3) is 0.400. The second-order valence-electron chi connectivity index (χ2n) is 4.50. The molecule has 0 saturated carbocycles. The average Bonchev–Trinajstić information content (AvgIpc) is 2.94. The van der Waals surface area contributed by atoms with Crippen LogP contribution in [0.1, 0.15) is 23.9 Å². The van der Waals surface area contributed by atoms with Crippen molar-refractivity contribution in [1.82, 2.24) is 15.0 Å². The molecule has 0 radical (unpaired) electrons.